The summed E-state index contributed by atoms with van der Waals surface area (Å²) < 4.78 is 13.8. The zero-order valence-electron chi connectivity index (χ0n) is 11.3. The van der Waals surface area contributed by atoms with E-state index in [-0.39, 0.29) is 5.82 Å². The molecule has 0 radical (unpaired) electrons. The van der Waals surface area contributed by atoms with Crippen molar-refractivity contribution in [2.75, 3.05) is 6.54 Å². The molecule has 2 unspecified atom stereocenters. The number of piperidine rings is 1. The third kappa shape index (κ3) is 2.90. The van der Waals surface area contributed by atoms with Crippen molar-refractivity contribution in [3.05, 3.63) is 35.1 Å². The van der Waals surface area contributed by atoms with Crippen molar-refractivity contribution in [1.29, 1.82) is 0 Å². The van der Waals surface area contributed by atoms with E-state index in [9.17, 15) is 4.39 Å². The molecule has 1 heterocycles. The Hall–Kier alpha value is -0.930. The number of benzene rings is 1. The molecular formula is C15H23FN2. The van der Waals surface area contributed by atoms with Gasteiger partial charge < -0.3 is 5.73 Å². The van der Waals surface area contributed by atoms with Crippen molar-refractivity contribution in [1.82, 2.24) is 4.90 Å². The Balaban J connectivity index is 2.12. The molecule has 1 aliphatic heterocycles. The van der Waals surface area contributed by atoms with Gasteiger partial charge >= 0.3 is 0 Å². The summed E-state index contributed by atoms with van der Waals surface area (Å²) in [6.07, 6.45) is 2.49. The lowest BCUT2D eigenvalue weighted by Crippen LogP contribution is -2.41. The van der Waals surface area contributed by atoms with Gasteiger partial charge in [-0.15, -0.1) is 0 Å². The van der Waals surface area contributed by atoms with Gasteiger partial charge in [0, 0.05) is 24.7 Å². The first-order valence-corrected chi connectivity index (χ1v) is 6.83. The maximum absolute atomic E-state index is 13.8. The van der Waals surface area contributed by atoms with E-state index in [0.717, 1.165) is 17.7 Å². The summed E-state index contributed by atoms with van der Waals surface area (Å²) in [6, 6.07) is 5.73. The van der Waals surface area contributed by atoms with Gasteiger partial charge in [-0.25, -0.2) is 4.39 Å². The Morgan fingerprint density at radius 1 is 1.39 bits per heavy atom. The highest BCUT2D eigenvalue weighted by Crippen LogP contribution is 2.25. The van der Waals surface area contributed by atoms with Crippen LogP contribution in [0.2, 0.25) is 0 Å². The second-order valence-electron chi connectivity index (χ2n) is 5.46. The molecule has 1 saturated heterocycles. The van der Waals surface area contributed by atoms with Crippen molar-refractivity contribution >= 4 is 0 Å². The average Bonchev–Trinajstić information content (AvgIpc) is 2.37. The third-order valence-corrected chi connectivity index (χ3v) is 4.22. The molecule has 0 amide bonds. The monoisotopic (exact) mass is 250 g/mol. The van der Waals surface area contributed by atoms with E-state index in [2.05, 4.69) is 18.7 Å². The van der Waals surface area contributed by atoms with Crippen LogP contribution in [-0.4, -0.2) is 17.5 Å². The fourth-order valence-electron chi connectivity index (χ4n) is 2.74. The van der Waals surface area contributed by atoms with Crippen LogP contribution < -0.4 is 5.73 Å². The van der Waals surface area contributed by atoms with Crippen LogP contribution in [0.4, 0.5) is 4.39 Å². The van der Waals surface area contributed by atoms with Crippen LogP contribution in [0.3, 0.4) is 0 Å². The van der Waals surface area contributed by atoms with Gasteiger partial charge in [-0.05, 0) is 43.9 Å². The van der Waals surface area contributed by atoms with E-state index in [1.54, 1.807) is 6.07 Å². The first-order valence-electron chi connectivity index (χ1n) is 6.83. The lowest BCUT2D eigenvalue weighted by atomic mass is 9.91. The van der Waals surface area contributed by atoms with Crippen molar-refractivity contribution in [3.8, 4) is 0 Å². The molecule has 2 atom stereocenters. The second kappa shape index (κ2) is 5.81. The number of hydrogen-bond donors (Lipinski definition) is 1. The molecule has 0 bridgehead atoms. The predicted octanol–water partition coefficient (Wildman–Crippen LogP) is 2.90. The Morgan fingerprint density at radius 3 is 2.89 bits per heavy atom. The molecule has 2 rings (SSSR count). The van der Waals surface area contributed by atoms with Gasteiger partial charge in [-0.2, -0.15) is 0 Å². The lowest BCUT2D eigenvalue weighted by Gasteiger charge is -2.38. The highest BCUT2D eigenvalue weighted by molar-refractivity contribution is 5.25. The molecule has 0 aliphatic carbocycles. The topological polar surface area (TPSA) is 29.3 Å². The van der Waals surface area contributed by atoms with E-state index in [1.165, 1.54) is 18.9 Å². The quantitative estimate of drug-likeness (QED) is 0.893. The molecule has 0 spiro atoms. The number of hydrogen-bond acceptors (Lipinski definition) is 2. The summed E-state index contributed by atoms with van der Waals surface area (Å²) in [6.45, 7) is 6.76. The Morgan fingerprint density at radius 2 is 2.17 bits per heavy atom. The Bertz CT molecular complexity index is 405. The fraction of sp³-hybridized carbons (Fsp3) is 0.600. The summed E-state index contributed by atoms with van der Waals surface area (Å²) in [4.78, 5) is 2.38. The summed E-state index contributed by atoms with van der Waals surface area (Å²) in [5.41, 5.74) is 7.40. The number of rotatable bonds is 3. The molecule has 2 nitrogen and oxygen atoms in total. The summed E-state index contributed by atoms with van der Waals surface area (Å²) >= 11 is 0. The summed E-state index contributed by atoms with van der Waals surface area (Å²) in [5.74, 6) is 0.581. The van der Waals surface area contributed by atoms with E-state index in [4.69, 9.17) is 5.73 Å². The van der Waals surface area contributed by atoms with E-state index < -0.39 is 0 Å². The molecule has 1 aliphatic rings. The van der Waals surface area contributed by atoms with Crippen LogP contribution in [-0.2, 0) is 13.1 Å². The molecule has 100 valence electrons. The third-order valence-electron chi connectivity index (χ3n) is 4.22. The number of halogens is 1. The number of likely N-dealkylation sites (tertiary alicyclic amines) is 1. The maximum Gasteiger partial charge on any atom is 0.127 e. The molecular weight excluding hydrogens is 227 g/mol. The van der Waals surface area contributed by atoms with Gasteiger partial charge in [0.2, 0.25) is 0 Å². The van der Waals surface area contributed by atoms with E-state index >= 15 is 0 Å². The molecule has 0 aromatic heterocycles. The van der Waals surface area contributed by atoms with Gasteiger partial charge in [-0.3, -0.25) is 4.90 Å². The maximum atomic E-state index is 13.8. The van der Waals surface area contributed by atoms with Crippen LogP contribution in [0.25, 0.3) is 0 Å². The van der Waals surface area contributed by atoms with Crippen LogP contribution in [0, 0.1) is 11.7 Å². The Labute approximate surface area is 109 Å². The first kappa shape index (κ1) is 13.5. The van der Waals surface area contributed by atoms with Crippen molar-refractivity contribution in [3.63, 3.8) is 0 Å². The van der Waals surface area contributed by atoms with Crippen molar-refractivity contribution < 1.29 is 4.39 Å². The van der Waals surface area contributed by atoms with Crippen LogP contribution in [0.15, 0.2) is 18.2 Å². The second-order valence-corrected chi connectivity index (χ2v) is 5.46. The molecule has 2 N–H and O–H groups in total. The SMILES string of the molecule is CC1CCCN(Cc2cc(CN)ccc2F)C1C. The summed E-state index contributed by atoms with van der Waals surface area (Å²) in [7, 11) is 0. The van der Waals surface area contributed by atoms with Crippen LogP contribution in [0.1, 0.15) is 37.8 Å². The smallest absolute Gasteiger partial charge is 0.127 e. The zero-order valence-corrected chi connectivity index (χ0v) is 11.3. The normalized spacial score (nSPS) is 25.3. The van der Waals surface area contributed by atoms with Crippen molar-refractivity contribution in [2.45, 2.75) is 45.8 Å². The van der Waals surface area contributed by atoms with Crippen LogP contribution in [0.5, 0.6) is 0 Å². The minimum absolute atomic E-state index is 0.113. The highest BCUT2D eigenvalue weighted by atomic mass is 19.1. The lowest BCUT2D eigenvalue weighted by molar-refractivity contribution is 0.105. The molecule has 18 heavy (non-hydrogen) atoms. The molecule has 3 heteroatoms. The van der Waals surface area contributed by atoms with Gasteiger partial charge in [0.15, 0.2) is 0 Å². The van der Waals surface area contributed by atoms with E-state index in [0.29, 0.717) is 25.0 Å². The molecule has 0 saturated carbocycles. The predicted molar refractivity (Wildman–Crippen MR) is 72.6 cm³/mol. The van der Waals surface area contributed by atoms with Gasteiger partial charge in [0.05, 0.1) is 0 Å². The fourth-order valence-corrected chi connectivity index (χ4v) is 2.74. The van der Waals surface area contributed by atoms with Crippen LogP contribution >= 0.6 is 0 Å². The molecule has 1 aromatic carbocycles. The average molecular weight is 250 g/mol. The first-order chi connectivity index (χ1) is 8.61. The van der Waals surface area contributed by atoms with Crippen molar-refractivity contribution in [2.24, 2.45) is 11.7 Å². The highest BCUT2D eigenvalue weighted by Gasteiger charge is 2.25. The summed E-state index contributed by atoms with van der Waals surface area (Å²) in [5, 5.41) is 0. The Kier molecular flexibility index (Phi) is 4.36. The largest absolute Gasteiger partial charge is 0.326 e. The zero-order chi connectivity index (χ0) is 13.1. The minimum Gasteiger partial charge on any atom is -0.326 e. The minimum atomic E-state index is -0.113. The van der Waals surface area contributed by atoms with Gasteiger partial charge in [0.1, 0.15) is 5.82 Å². The molecule has 1 aromatic rings. The standard InChI is InChI=1S/C15H23FN2/c1-11-4-3-7-18(12(11)2)10-14-8-13(9-17)5-6-15(14)16/h5-6,8,11-12H,3-4,7,9-10,17H2,1-2H3. The molecule has 1 fully saturated rings. The van der Waals surface area contributed by atoms with Gasteiger partial charge in [0.25, 0.3) is 0 Å². The van der Waals surface area contributed by atoms with E-state index in [1.807, 2.05) is 6.07 Å². The van der Waals surface area contributed by atoms with Gasteiger partial charge in [-0.1, -0.05) is 19.1 Å². The number of nitrogens with two attached hydrogens (primary N) is 1. The number of nitrogens with zero attached hydrogens (tertiary/aromatic N) is 1.